The Morgan fingerprint density at radius 1 is 1.42 bits per heavy atom. The van der Waals surface area contributed by atoms with E-state index in [1.165, 1.54) is 6.92 Å². The molecule has 0 bridgehead atoms. The van der Waals surface area contributed by atoms with E-state index in [4.69, 9.17) is 5.11 Å². The van der Waals surface area contributed by atoms with Gasteiger partial charge in [-0.3, -0.25) is 9.59 Å². The predicted octanol–water partition coefficient (Wildman–Crippen LogP) is 0.417. The highest BCUT2D eigenvalue weighted by atomic mass is 16.4. The van der Waals surface area contributed by atoms with Crippen LogP contribution in [-0.2, 0) is 9.59 Å². The van der Waals surface area contributed by atoms with Crippen LogP contribution in [0.1, 0.15) is 27.2 Å². The van der Waals surface area contributed by atoms with E-state index in [0.717, 1.165) is 0 Å². The Morgan fingerprint density at radius 3 is 2.17 bits per heavy atom. The quantitative estimate of drug-likeness (QED) is 0.632. The number of nitrogens with one attached hydrogen (secondary N) is 1. The standard InChI is InChI=1S/C8H15NO3/c1-5(2)9-7(6(3)10)4-8(11)12/h5,7,9H,4H2,1-3H3,(H,11,12). The monoisotopic (exact) mass is 173 g/mol. The minimum Gasteiger partial charge on any atom is -0.481 e. The fraction of sp³-hybridized carbons (Fsp3) is 0.750. The number of ketones is 1. The van der Waals surface area contributed by atoms with Crippen LogP contribution in [-0.4, -0.2) is 28.9 Å². The second kappa shape index (κ2) is 4.87. The molecule has 0 aliphatic carbocycles. The van der Waals surface area contributed by atoms with Crippen LogP contribution in [0.25, 0.3) is 0 Å². The molecule has 0 aliphatic heterocycles. The van der Waals surface area contributed by atoms with Gasteiger partial charge < -0.3 is 10.4 Å². The molecule has 0 fully saturated rings. The number of carbonyl (C=O) groups is 2. The summed E-state index contributed by atoms with van der Waals surface area (Å²) in [5.74, 6) is -1.09. The lowest BCUT2D eigenvalue weighted by Crippen LogP contribution is -2.41. The Hall–Kier alpha value is -0.900. The van der Waals surface area contributed by atoms with Gasteiger partial charge in [-0.05, 0) is 6.92 Å². The van der Waals surface area contributed by atoms with Gasteiger partial charge in [-0.2, -0.15) is 0 Å². The third-order valence-corrected chi connectivity index (χ3v) is 1.40. The van der Waals surface area contributed by atoms with Crippen LogP contribution in [0, 0.1) is 0 Å². The third kappa shape index (κ3) is 4.85. The van der Waals surface area contributed by atoms with E-state index in [-0.39, 0.29) is 18.2 Å². The molecular formula is C8H15NO3. The van der Waals surface area contributed by atoms with Gasteiger partial charge in [0.25, 0.3) is 0 Å². The highest BCUT2D eigenvalue weighted by Gasteiger charge is 2.17. The Morgan fingerprint density at radius 2 is 1.92 bits per heavy atom. The molecule has 0 aromatic carbocycles. The van der Waals surface area contributed by atoms with Gasteiger partial charge in [-0.15, -0.1) is 0 Å². The van der Waals surface area contributed by atoms with Gasteiger partial charge in [0, 0.05) is 6.04 Å². The van der Waals surface area contributed by atoms with E-state index in [1.807, 2.05) is 13.8 Å². The Labute approximate surface area is 72.0 Å². The van der Waals surface area contributed by atoms with Crippen molar-refractivity contribution in [3.63, 3.8) is 0 Å². The number of carboxylic acid groups (broad SMARTS) is 1. The first-order valence-electron chi connectivity index (χ1n) is 3.91. The van der Waals surface area contributed by atoms with Crippen LogP contribution in [0.3, 0.4) is 0 Å². The molecule has 0 aromatic rings. The van der Waals surface area contributed by atoms with E-state index in [9.17, 15) is 9.59 Å². The van der Waals surface area contributed by atoms with Crippen molar-refractivity contribution in [2.45, 2.75) is 39.3 Å². The first-order valence-corrected chi connectivity index (χ1v) is 3.91. The molecule has 0 heterocycles. The average Bonchev–Trinajstić information content (AvgIpc) is 1.83. The molecule has 1 atom stereocenters. The summed E-state index contributed by atoms with van der Waals surface area (Å²) >= 11 is 0. The van der Waals surface area contributed by atoms with Crippen molar-refractivity contribution < 1.29 is 14.7 Å². The van der Waals surface area contributed by atoms with E-state index in [0.29, 0.717) is 0 Å². The molecule has 1 unspecified atom stereocenters. The lowest BCUT2D eigenvalue weighted by molar-refractivity contribution is -0.139. The maximum Gasteiger partial charge on any atom is 0.305 e. The van der Waals surface area contributed by atoms with Gasteiger partial charge >= 0.3 is 5.97 Å². The molecule has 0 aliphatic rings. The number of hydrogen-bond donors (Lipinski definition) is 2. The lowest BCUT2D eigenvalue weighted by atomic mass is 10.1. The van der Waals surface area contributed by atoms with Gasteiger partial charge in [-0.1, -0.05) is 13.8 Å². The molecule has 12 heavy (non-hydrogen) atoms. The van der Waals surface area contributed by atoms with Crippen molar-refractivity contribution in [2.75, 3.05) is 0 Å². The number of aliphatic carboxylic acids is 1. The summed E-state index contributed by atoms with van der Waals surface area (Å²) in [6, 6.07) is -0.430. The molecule has 0 saturated heterocycles. The van der Waals surface area contributed by atoms with Crippen LogP contribution in [0.15, 0.2) is 0 Å². The number of carboxylic acids is 1. The summed E-state index contributed by atoms with van der Waals surface area (Å²) in [6.07, 6.45) is -0.145. The van der Waals surface area contributed by atoms with E-state index in [1.54, 1.807) is 0 Å². The number of rotatable bonds is 5. The van der Waals surface area contributed by atoms with Crippen LogP contribution < -0.4 is 5.32 Å². The summed E-state index contributed by atoms with van der Waals surface area (Å²) in [6.45, 7) is 5.14. The lowest BCUT2D eigenvalue weighted by Gasteiger charge is -2.16. The largest absolute Gasteiger partial charge is 0.481 e. The molecule has 0 aromatic heterocycles. The van der Waals surface area contributed by atoms with Crippen molar-refractivity contribution in [1.29, 1.82) is 0 Å². The maximum atomic E-state index is 10.9. The smallest absolute Gasteiger partial charge is 0.305 e. The van der Waals surface area contributed by atoms with E-state index >= 15 is 0 Å². The number of Topliss-reactive ketones (excluding diaryl/α,β-unsaturated/α-hetero) is 1. The van der Waals surface area contributed by atoms with Crippen molar-refractivity contribution in [3.8, 4) is 0 Å². The van der Waals surface area contributed by atoms with Gasteiger partial charge in [0.1, 0.15) is 5.78 Å². The zero-order chi connectivity index (χ0) is 9.72. The van der Waals surface area contributed by atoms with Crippen molar-refractivity contribution in [1.82, 2.24) is 5.32 Å². The van der Waals surface area contributed by atoms with E-state index in [2.05, 4.69) is 5.32 Å². The van der Waals surface area contributed by atoms with Crippen molar-refractivity contribution >= 4 is 11.8 Å². The molecule has 0 rings (SSSR count). The van der Waals surface area contributed by atoms with Crippen molar-refractivity contribution in [2.24, 2.45) is 0 Å². The fourth-order valence-electron chi connectivity index (χ4n) is 0.897. The fourth-order valence-corrected chi connectivity index (χ4v) is 0.897. The van der Waals surface area contributed by atoms with Crippen LogP contribution in [0.2, 0.25) is 0 Å². The van der Waals surface area contributed by atoms with E-state index < -0.39 is 12.0 Å². The highest BCUT2D eigenvalue weighted by molar-refractivity contribution is 5.85. The second-order valence-corrected chi connectivity index (χ2v) is 3.08. The van der Waals surface area contributed by atoms with Crippen molar-refractivity contribution in [3.05, 3.63) is 0 Å². The molecule has 4 nitrogen and oxygen atoms in total. The molecule has 0 amide bonds. The minimum absolute atomic E-state index is 0.123. The Kier molecular flexibility index (Phi) is 4.51. The summed E-state index contributed by atoms with van der Waals surface area (Å²) in [4.78, 5) is 21.2. The molecule has 0 radical (unpaired) electrons. The highest BCUT2D eigenvalue weighted by Crippen LogP contribution is 1.95. The Bertz CT molecular complexity index is 177. The summed E-state index contributed by atoms with van der Waals surface area (Å²) in [5, 5.41) is 11.3. The molecular weight excluding hydrogens is 158 g/mol. The molecule has 0 spiro atoms. The topological polar surface area (TPSA) is 66.4 Å². The molecule has 2 N–H and O–H groups in total. The zero-order valence-electron chi connectivity index (χ0n) is 7.63. The average molecular weight is 173 g/mol. The van der Waals surface area contributed by atoms with Crippen LogP contribution >= 0.6 is 0 Å². The summed E-state index contributed by atoms with van der Waals surface area (Å²) < 4.78 is 0. The van der Waals surface area contributed by atoms with Crippen LogP contribution in [0.4, 0.5) is 0 Å². The maximum absolute atomic E-state index is 10.9. The SMILES string of the molecule is CC(=O)C(CC(=O)O)NC(C)C. The molecule has 70 valence electrons. The first kappa shape index (κ1) is 11.1. The predicted molar refractivity (Wildman–Crippen MR) is 45.0 cm³/mol. The normalized spacial score (nSPS) is 13.0. The summed E-state index contributed by atoms with van der Waals surface area (Å²) in [7, 11) is 0. The summed E-state index contributed by atoms with van der Waals surface area (Å²) in [5.41, 5.74) is 0. The molecule has 0 saturated carbocycles. The number of hydrogen-bond acceptors (Lipinski definition) is 3. The third-order valence-electron chi connectivity index (χ3n) is 1.40. The first-order chi connectivity index (χ1) is 5.43. The molecule has 4 heteroatoms. The van der Waals surface area contributed by atoms with Gasteiger partial charge in [0.2, 0.25) is 0 Å². The van der Waals surface area contributed by atoms with Crippen LogP contribution in [0.5, 0.6) is 0 Å². The van der Waals surface area contributed by atoms with Gasteiger partial charge in [0.05, 0.1) is 12.5 Å². The zero-order valence-corrected chi connectivity index (χ0v) is 7.63. The van der Waals surface area contributed by atoms with Gasteiger partial charge in [0.15, 0.2) is 0 Å². The Balaban J connectivity index is 4.04. The number of carbonyl (C=O) groups excluding carboxylic acids is 1. The van der Waals surface area contributed by atoms with Gasteiger partial charge in [-0.25, -0.2) is 0 Å². The second-order valence-electron chi connectivity index (χ2n) is 3.08. The minimum atomic E-state index is -0.955.